The van der Waals surface area contributed by atoms with Gasteiger partial charge in [-0.3, -0.25) is 0 Å². The first kappa shape index (κ1) is 31.6. The Labute approximate surface area is 204 Å². The average molecular weight is 485 g/mol. The molecule has 0 amide bonds. The van der Waals surface area contributed by atoms with Gasteiger partial charge >= 0.3 is 23.9 Å². The molecule has 0 bridgehead atoms. The van der Waals surface area contributed by atoms with Crippen molar-refractivity contribution in [2.75, 3.05) is 13.2 Å². The lowest BCUT2D eigenvalue weighted by Crippen LogP contribution is -2.28. The van der Waals surface area contributed by atoms with E-state index in [4.69, 9.17) is 18.9 Å². The van der Waals surface area contributed by atoms with Crippen LogP contribution in [0.25, 0.3) is 0 Å². The van der Waals surface area contributed by atoms with Crippen LogP contribution in [0.4, 0.5) is 0 Å². The van der Waals surface area contributed by atoms with Gasteiger partial charge in [-0.15, -0.1) is 0 Å². The number of unbranched alkanes of at least 4 members (excludes halogenated alkanes) is 2. The van der Waals surface area contributed by atoms with Crippen LogP contribution in [0.15, 0.2) is 12.2 Å². The Bertz CT molecular complexity index is 589. The van der Waals surface area contributed by atoms with Crippen LogP contribution < -0.4 is 0 Å². The van der Waals surface area contributed by atoms with Crippen LogP contribution in [0.1, 0.15) is 92.9 Å². The molecule has 0 aromatic heterocycles. The van der Waals surface area contributed by atoms with Crippen LogP contribution in [0.5, 0.6) is 0 Å². The molecule has 0 unspecified atom stereocenters. The quantitative estimate of drug-likeness (QED) is 0.153. The van der Waals surface area contributed by atoms with E-state index in [0.717, 1.165) is 63.5 Å². The first-order valence-electron chi connectivity index (χ1n) is 12.6. The minimum absolute atomic E-state index is 0.277. The Morgan fingerprint density at radius 1 is 0.647 bits per heavy atom. The zero-order chi connectivity index (χ0) is 25.9. The third kappa shape index (κ3) is 14.7. The molecule has 34 heavy (non-hydrogen) atoms. The van der Waals surface area contributed by atoms with E-state index < -0.39 is 36.1 Å². The molecule has 8 nitrogen and oxygen atoms in total. The lowest BCUT2D eigenvalue weighted by molar-refractivity contribution is -0.165. The molecule has 0 aliphatic rings. The van der Waals surface area contributed by atoms with Gasteiger partial charge in [0.15, 0.2) is 12.2 Å². The van der Waals surface area contributed by atoms with E-state index >= 15 is 0 Å². The Kier molecular flexibility index (Phi) is 17.7. The van der Waals surface area contributed by atoms with Crippen molar-refractivity contribution < 1.29 is 38.1 Å². The summed E-state index contributed by atoms with van der Waals surface area (Å²) in [5.41, 5.74) is 0. The summed E-state index contributed by atoms with van der Waals surface area (Å²) in [6.45, 7) is 11.7. The Balaban J connectivity index is 4.40. The number of ether oxygens (including phenoxy) is 4. The van der Waals surface area contributed by atoms with Gasteiger partial charge in [0.2, 0.25) is 0 Å². The molecule has 196 valence electrons. The predicted molar refractivity (Wildman–Crippen MR) is 129 cm³/mol. The van der Waals surface area contributed by atoms with Gasteiger partial charge in [-0.05, 0) is 38.5 Å². The highest BCUT2D eigenvalue weighted by atomic mass is 16.6. The van der Waals surface area contributed by atoms with E-state index in [1.807, 2.05) is 13.8 Å². The minimum Gasteiger partial charge on any atom is -0.463 e. The fraction of sp³-hybridized carbons (Fsp3) is 0.769. The van der Waals surface area contributed by atoms with Crippen molar-refractivity contribution >= 4 is 23.9 Å². The zero-order valence-corrected chi connectivity index (χ0v) is 21.8. The molecule has 4 atom stereocenters. The van der Waals surface area contributed by atoms with Gasteiger partial charge in [-0.1, -0.05) is 66.2 Å². The van der Waals surface area contributed by atoms with Gasteiger partial charge in [0.1, 0.15) is 0 Å². The number of hydrogen-bond acceptors (Lipinski definition) is 8. The smallest absolute Gasteiger partial charge is 0.347 e. The third-order valence-electron chi connectivity index (χ3n) is 5.61. The van der Waals surface area contributed by atoms with Crippen LogP contribution in [-0.2, 0) is 38.1 Å². The average Bonchev–Trinajstić information content (AvgIpc) is 2.82. The Morgan fingerprint density at radius 2 is 1.00 bits per heavy atom. The largest absolute Gasteiger partial charge is 0.463 e. The molecule has 0 radical (unpaired) electrons. The van der Waals surface area contributed by atoms with Gasteiger partial charge in [0.25, 0.3) is 0 Å². The van der Waals surface area contributed by atoms with E-state index in [1.165, 1.54) is 13.8 Å². The van der Waals surface area contributed by atoms with Crippen molar-refractivity contribution in [3.63, 3.8) is 0 Å². The first-order valence-corrected chi connectivity index (χ1v) is 12.6. The number of carbonyl (C=O) groups is 4. The number of carbonyl (C=O) groups excluding carboxylic acids is 4. The van der Waals surface area contributed by atoms with Crippen molar-refractivity contribution in [2.45, 2.75) is 105 Å². The SMILES string of the molecule is CCCC[C@H](CC)COC(=O)[C@H](C)OC(=O)/C=C/C(=O)O[C@H](C)C(=O)OC[C@@H](CC)CCCC. The zero-order valence-electron chi connectivity index (χ0n) is 21.8. The van der Waals surface area contributed by atoms with Crippen LogP contribution in [0.3, 0.4) is 0 Å². The summed E-state index contributed by atoms with van der Waals surface area (Å²) in [6, 6.07) is 0. The molecule has 0 N–H and O–H groups in total. The summed E-state index contributed by atoms with van der Waals surface area (Å²) in [5, 5.41) is 0. The van der Waals surface area contributed by atoms with E-state index in [-0.39, 0.29) is 25.0 Å². The summed E-state index contributed by atoms with van der Waals surface area (Å²) >= 11 is 0. The molecule has 0 saturated heterocycles. The van der Waals surface area contributed by atoms with Crippen LogP contribution in [0.2, 0.25) is 0 Å². The highest BCUT2D eigenvalue weighted by Crippen LogP contribution is 2.14. The molecule has 8 heteroatoms. The second-order valence-corrected chi connectivity index (χ2v) is 8.58. The first-order chi connectivity index (χ1) is 16.2. The predicted octanol–water partition coefficient (Wildman–Crippen LogP) is 4.93. The lowest BCUT2D eigenvalue weighted by Gasteiger charge is -2.17. The molecule has 0 aromatic carbocycles. The number of rotatable bonds is 18. The fourth-order valence-electron chi connectivity index (χ4n) is 3.09. The summed E-state index contributed by atoms with van der Waals surface area (Å²) in [7, 11) is 0. The molecule has 0 heterocycles. The molecule has 0 aliphatic carbocycles. The molecule has 0 aromatic rings. The van der Waals surface area contributed by atoms with Gasteiger partial charge in [-0.25, -0.2) is 19.2 Å². The Hall–Kier alpha value is -2.38. The Morgan fingerprint density at radius 3 is 1.29 bits per heavy atom. The maximum Gasteiger partial charge on any atom is 0.347 e. The molecule has 0 spiro atoms. The summed E-state index contributed by atoms with van der Waals surface area (Å²) in [4.78, 5) is 47.9. The van der Waals surface area contributed by atoms with Crippen molar-refractivity contribution in [3.8, 4) is 0 Å². The van der Waals surface area contributed by atoms with E-state index in [2.05, 4.69) is 13.8 Å². The number of esters is 4. The summed E-state index contributed by atoms with van der Waals surface area (Å²) < 4.78 is 20.4. The molecular weight excluding hydrogens is 440 g/mol. The van der Waals surface area contributed by atoms with Crippen LogP contribution >= 0.6 is 0 Å². The maximum atomic E-state index is 12.1. The van der Waals surface area contributed by atoms with Crippen molar-refractivity contribution in [1.82, 2.24) is 0 Å². The van der Waals surface area contributed by atoms with E-state index in [0.29, 0.717) is 0 Å². The van der Waals surface area contributed by atoms with E-state index in [9.17, 15) is 19.2 Å². The molecule has 0 saturated carbocycles. The van der Waals surface area contributed by atoms with Crippen molar-refractivity contribution in [2.24, 2.45) is 11.8 Å². The van der Waals surface area contributed by atoms with Crippen LogP contribution in [0, 0.1) is 11.8 Å². The minimum atomic E-state index is -1.11. The van der Waals surface area contributed by atoms with Crippen LogP contribution in [-0.4, -0.2) is 49.3 Å². The normalized spacial score (nSPS) is 14.6. The monoisotopic (exact) mass is 484 g/mol. The highest BCUT2D eigenvalue weighted by Gasteiger charge is 2.21. The molecular formula is C26H44O8. The van der Waals surface area contributed by atoms with Crippen molar-refractivity contribution in [3.05, 3.63) is 12.2 Å². The lowest BCUT2D eigenvalue weighted by atomic mass is 10.0. The van der Waals surface area contributed by atoms with E-state index in [1.54, 1.807) is 0 Å². The van der Waals surface area contributed by atoms with Gasteiger partial charge in [0, 0.05) is 12.2 Å². The second kappa shape index (κ2) is 19.0. The molecule has 0 fully saturated rings. The standard InChI is InChI=1S/C26H44O8/c1-7-11-13-21(9-3)17-31-25(29)19(5)33-23(27)15-16-24(28)34-20(6)26(30)32-18-22(10-4)14-12-8-2/h15-16,19-22H,7-14,17-18H2,1-6H3/b16-15+/t19-,20+,21-,22-/m0/s1. The topological polar surface area (TPSA) is 105 Å². The number of hydrogen-bond donors (Lipinski definition) is 0. The molecule has 0 aliphatic heterocycles. The summed E-state index contributed by atoms with van der Waals surface area (Å²) in [5.74, 6) is -2.51. The van der Waals surface area contributed by atoms with Gasteiger partial charge in [-0.2, -0.15) is 0 Å². The fourth-order valence-corrected chi connectivity index (χ4v) is 3.09. The molecule has 0 rings (SSSR count). The highest BCUT2D eigenvalue weighted by molar-refractivity contribution is 5.93. The second-order valence-electron chi connectivity index (χ2n) is 8.58. The van der Waals surface area contributed by atoms with Gasteiger partial charge in [0.05, 0.1) is 13.2 Å². The van der Waals surface area contributed by atoms with Crippen molar-refractivity contribution in [1.29, 1.82) is 0 Å². The van der Waals surface area contributed by atoms with Gasteiger partial charge < -0.3 is 18.9 Å². The maximum absolute atomic E-state index is 12.1. The third-order valence-corrected chi connectivity index (χ3v) is 5.61. The summed E-state index contributed by atoms with van der Waals surface area (Å²) in [6.07, 6.45) is 7.51.